The van der Waals surface area contributed by atoms with Crippen molar-refractivity contribution in [2.45, 2.75) is 12.8 Å². The molecular formula is C22H27ClN4O2. The number of piperazine rings is 1. The van der Waals surface area contributed by atoms with Gasteiger partial charge in [-0.25, -0.2) is 0 Å². The molecule has 0 aliphatic carbocycles. The number of anilines is 2. The van der Waals surface area contributed by atoms with Crippen LogP contribution in [0.25, 0.3) is 0 Å². The van der Waals surface area contributed by atoms with Crippen molar-refractivity contribution in [1.82, 2.24) is 10.2 Å². The average Bonchev–Trinajstić information content (AvgIpc) is 2.73. The van der Waals surface area contributed by atoms with Gasteiger partial charge in [0.15, 0.2) is 0 Å². The maximum absolute atomic E-state index is 12.4. The van der Waals surface area contributed by atoms with Gasteiger partial charge in [0.1, 0.15) is 0 Å². The van der Waals surface area contributed by atoms with Gasteiger partial charge in [-0.05, 0) is 43.8 Å². The summed E-state index contributed by atoms with van der Waals surface area (Å²) >= 11 is 6.16. The number of likely N-dealkylation sites (N-methyl/N-ethyl adjacent to an activating group) is 1. The minimum absolute atomic E-state index is 0.0865. The number of carbonyl (C=O) groups is 2. The molecule has 2 aromatic rings. The second-order valence-corrected chi connectivity index (χ2v) is 7.66. The van der Waals surface area contributed by atoms with Crippen molar-refractivity contribution in [2.24, 2.45) is 0 Å². The summed E-state index contributed by atoms with van der Waals surface area (Å²) in [6.07, 6.45) is 0.887. The van der Waals surface area contributed by atoms with Gasteiger partial charge in [-0.2, -0.15) is 0 Å². The van der Waals surface area contributed by atoms with Gasteiger partial charge < -0.3 is 20.4 Å². The highest BCUT2D eigenvalue weighted by Crippen LogP contribution is 2.30. The third-order valence-electron chi connectivity index (χ3n) is 4.98. The van der Waals surface area contributed by atoms with E-state index in [0.29, 0.717) is 30.0 Å². The number of hydrogen-bond donors (Lipinski definition) is 2. The first-order chi connectivity index (χ1) is 14.0. The zero-order valence-corrected chi connectivity index (χ0v) is 17.4. The zero-order valence-electron chi connectivity index (χ0n) is 16.7. The van der Waals surface area contributed by atoms with Gasteiger partial charge in [-0.15, -0.1) is 0 Å². The molecule has 29 heavy (non-hydrogen) atoms. The highest BCUT2D eigenvalue weighted by molar-refractivity contribution is 6.31. The Morgan fingerprint density at radius 3 is 2.48 bits per heavy atom. The molecule has 0 radical (unpaired) electrons. The second kappa shape index (κ2) is 10.3. The molecule has 0 spiro atoms. The van der Waals surface area contributed by atoms with Crippen LogP contribution in [0.4, 0.5) is 11.4 Å². The predicted octanol–water partition coefficient (Wildman–Crippen LogP) is 3.24. The molecule has 0 bridgehead atoms. The number of carbonyl (C=O) groups excluding carboxylic acids is 2. The maximum Gasteiger partial charge on any atom is 0.251 e. The van der Waals surface area contributed by atoms with Crippen LogP contribution in [0.15, 0.2) is 48.5 Å². The Morgan fingerprint density at radius 2 is 1.76 bits per heavy atom. The highest BCUT2D eigenvalue weighted by Gasteiger charge is 2.18. The normalized spacial score (nSPS) is 14.5. The number of nitrogens with one attached hydrogen (secondary N) is 2. The lowest BCUT2D eigenvalue weighted by Crippen LogP contribution is -2.44. The second-order valence-electron chi connectivity index (χ2n) is 7.23. The lowest BCUT2D eigenvalue weighted by Gasteiger charge is -2.35. The SMILES string of the molecule is CN1CCN(c2ccc(Cl)cc2NC(=O)CCCNC(=O)c2ccccc2)CC1. The molecular weight excluding hydrogens is 388 g/mol. The van der Waals surface area contributed by atoms with Gasteiger partial charge in [0.05, 0.1) is 11.4 Å². The third-order valence-corrected chi connectivity index (χ3v) is 5.21. The van der Waals surface area contributed by atoms with E-state index in [2.05, 4.69) is 27.5 Å². The first kappa shape index (κ1) is 21.1. The molecule has 0 unspecified atom stereocenters. The summed E-state index contributed by atoms with van der Waals surface area (Å²) in [7, 11) is 2.11. The molecule has 2 amide bonds. The summed E-state index contributed by atoms with van der Waals surface area (Å²) in [6.45, 7) is 4.23. The standard InChI is InChI=1S/C22H27ClN4O2/c1-26-12-14-27(15-13-26)20-10-9-18(23)16-19(20)25-21(28)8-5-11-24-22(29)17-6-3-2-4-7-17/h2-4,6-7,9-10,16H,5,8,11-15H2,1H3,(H,24,29)(H,25,28). The van der Waals surface area contributed by atoms with Gasteiger partial charge in [-0.3, -0.25) is 9.59 Å². The average molecular weight is 415 g/mol. The monoisotopic (exact) mass is 414 g/mol. The molecule has 7 heteroatoms. The van der Waals surface area contributed by atoms with E-state index in [1.807, 2.05) is 30.3 Å². The Labute approximate surface area is 176 Å². The van der Waals surface area contributed by atoms with E-state index in [1.165, 1.54) is 0 Å². The fraction of sp³-hybridized carbons (Fsp3) is 0.364. The molecule has 0 aromatic heterocycles. The quantitative estimate of drug-likeness (QED) is 0.683. The van der Waals surface area contributed by atoms with Crippen LogP contribution in [-0.4, -0.2) is 56.5 Å². The van der Waals surface area contributed by atoms with E-state index in [0.717, 1.165) is 37.6 Å². The van der Waals surface area contributed by atoms with Crippen LogP contribution in [-0.2, 0) is 4.79 Å². The molecule has 1 fully saturated rings. The number of amides is 2. The molecule has 0 saturated carbocycles. The van der Waals surface area contributed by atoms with Crippen LogP contribution in [0.5, 0.6) is 0 Å². The van der Waals surface area contributed by atoms with Crippen molar-refractivity contribution in [3.63, 3.8) is 0 Å². The predicted molar refractivity (Wildman–Crippen MR) is 118 cm³/mol. The molecule has 2 aromatic carbocycles. The number of rotatable bonds is 7. The summed E-state index contributed by atoms with van der Waals surface area (Å²) < 4.78 is 0. The summed E-state index contributed by atoms with van der Waals surface area (Å²) in [5.74, 6) is -0.213. The number of hydrogen-bond acceptors (Lipinski definition) is 4. The van der Waals surface area contributed by atoms with Crippen LogP contribution in [0.2, 0.25) is 5.02 Å². The van der Waals surface area contributed by atoms with Crippen molar-refractivity contribution in [3.8, 4) is 0 Å². The summed E-state index contributed by atoms with van der Waals surface area (Å²) in [4.78, 5) is 29.0. The molecule has 154 valence electrons. The molecule has 1 heterocycles. The maximum atomic E-state index is 12.4. The van der Waals surface area contributed by atoms with Crippen molar-refractivity contribution in [3.05, 3.63) is 59.1 Å². The molecule has 6 nitrogen and oxygen atoms in total. The van der Waals surface area contributed by atoms with E-state index in [1.54, 1.807) is 18.2 Å². The third kappa shape index (κ3) is 6.21. The van der Waals surface area contributed by atoms with Crippen molar-refractivity contribution < 1.29 is 9.59 Å². The molecule has 3 rings (SSSR count). The van der Waals surface area contributed by atoms with E-state index >= 15 is 0 Å². The Balaban J connectivity index is 1.50. The number of nitrogens with zero attached hydrogens (tertiary/aromatic N) is 2. The fourth-order valence-corrected chi connectivity index (χ4v) is 3.46. The van der Waals surface area contributed by atoms with Crippen molar-refractivity contribution >= 4 is 34.8 Å². The Kier molecular flexibility index (Phi) is 7.49. The van der Waals surface area contributed by atoms with Gasteiger partial charge >= 0.3 is 0 Å². The Bertz CT molecular complexity index is 836. The smallest absolute Gasteiger partial charge is 0.251 e. The topological polar surface area (TPSA) is 64.7 Å². The molecule has 1 aliphatic rings. The summed E-state index contributed by atoms with van der Waals surface area (Å²) in [5, 5.41) is 6.42. The largest absolute Gasteiger partial charge is 0.367 e. The van der Waals surface area contributed by atoms with Crippen molar-refractivity contribution in [2.75, 3.05) is 50.0 Å². The van der Waals surface area contributed by atoms with Gasteiger partial charge in [0, 0.05) is 49.7 Å². The lowest BCUT2D eigenvalue weighted by atomic mass is 10.2. The molecule has 0 atom stereocenters. The van der Waals surface area contributed by atoms with E-state index in [9.17, 15) is 9.59 Å². The Morgan fingerprint density at radius 1 is 1.03 bits per heavy atom. The van der Waals surface area contributed by atoms with Crippen LogP contribution in [0.3, 0.4) is 0 Å². The fourth-order valence-electron chi connectivity index (χ4n) is 3.29. The van der Waals surface area contributed by atoms with Crippen LogP contribution >= 0.6 is 11.6 Å². The lowest BCUT2D eigenvalue weighted by molar-refractivity contribution is -0.116. The van der Waals surface area contributed by atoms with Gasteiger partial charge in [0.2, 0.25) is 5.91 Å². The Hall–Kier alpha value is -2.57. The zero-order chi connectivity index (χ0) is 20.6. The molecule has 2 N–H and O–H groups in total. The first-order valence-corrected chi connectivity index (χ1v) is 10.3. The number of halogens is 1. The van der Waals surface area contributed by atoms with Gasteiger partial charge in [-0.1, -0.05) is 29.8 Å². The van der Waals surface area contributed by atoms with Crippen LogP contribution in [0.1, 0.15) is 23.2 Å². The van der Waals surface area contributed by atoms with E-state index < -0.39 is 0 Å². The highest BCUT2D eigenvalue weighted by atomic mass is 35.5. The first-order valence-electron chi connectivity index (χ1n) is 9.89. The molecule has 1 saturated heterocycles. The minimum Gasteiger partial charge on any atom is -0.367 e. The molecule has 1 aliphatic heterocycles. The van der Waals surface area contributed by atoms with Gasteiger partial charge in [0.25, 0.3) is 5.91 Å². The van der Waals surface area contributed by atoms with E-state index in [4.69, 9.17) is 11.6 Å². The summed E-state index contributed by atoms with van der Waals surface area (Å²) in [5.41, 5.74) is 2.35. The van der Waals surface area contributed by atoms with Crippen molar-refractivity contribution in [1.29, 1.82) is 0 Å². The van der Waals surface area contributed by atoms with Crippen LogP contribution < -0.4 is 15.5 Å². The minimum atomic E-state index is -0.127. The summed E-state index contributed by atoms with van der Waals surface area (Å²) in [6, 6.07) is 14.7. The van der Waals surface area contributed by atoms with Crippen LogP contribution in [0, 0.1) is 0 Å². The number of benzene rings is 2. The van der Waals surface area contributed by atoms with E-state index in [-0.39, 0.29) is 11.8 Å².